The fourth-order valence-electron chi connectivity index (χ4n) is 2.83. The molecule has 0 aliphatic carbocycles. The lowest BCUT2D eigenvalue weighted by Gasteiger charge is -2.04. The highest BCUT2D eigenvalue weighted by atomic mass is 32.2. The number of hydrogen-bond acceptors (Lipinski definition) is 8. The van der Waals surface area contributed by atoms with Crippen LogP contribution in [0.5, 0.6) is 0 Å². The second-order valence-corrected chi connectivity index (χ2v) is 8.00. The molecule has 3 aromatic heterocycles. The number of nitrogens with zero attached hydrogens (tertiary/aromatic N) is 4. The predicted molar refractivity (Wildman–Crippen MR) is 113 cm³/mol. The van der Waals surface area contributed by atoms with Crippen molar-refractivity contribution in [3.8, 4) is 0 Å². The van der Waals surface area contributed by atoms with E-state index in [1.54, 1.807) is 13.8 Å². The Morgan fingerprint density at radius 1 is 1.21 bits per heavy atom. The van der Waals surface area contributed by atoms with E-state index in [4.69, 9.17) is 4.74 Å². The number of benzene rings is 1. The first-order chi connectivity index (χ1) is 14.1. The molecule has 1 N–H and O–H groups in total. The van der Waals surface area contributed by atoms with Crippen molar-refractivity contribution >= 4 is 56.7 Å². The van der Waals surface area contributed by atoms with Crippen molar-refractivity contribution in [3.63, 3.8) is 0 Å². The Bertz CT molecular complexity index is 1220. The van der Waals surface area contributed by atoms with Gasteiger partial charge in [0.2, 0.25) is 5.91 Å². The van der Waals surface area contributed by atoms with Crippen LogP contribution in [0.15, 0.2) is 41.6 Å². The highest BCUT2D eigenvalue weighted by molar-refractivity contribution is 7.99. The van der Waals surface area contributed by atoms with Crippen molar-refractivity contribution in [1.82, 2.24) is 19.6 Å². The maximum atomic E-state index is 12.4. The van der Waals surface area contributed by atoms with Gasteiger partial charge < -0.3 is 10.1 Å². The van der Waals surface area contributed by atoms with E-state index >= 15 is 0 Å². The fraction of sp³-hybridized carbons (Fsp3) is 0.211. The van der Waals surface area contributed by atoms with E-state index < -0.39 is 5.97 Å². The minimum absolute atomic E-state index is 0.136. The number of fused-ring (bicyclic) bond motifs is 3. The normalized spacial score (nSPS) is 11.1. The molecule has 0 saturated carbocycles. The minimum Gasteiger partial charge on any atom is -0.462 e. The highest BCUT2D eigenvalue weighted by Crippen LogP contribution is 2.25. The average molecular weight is 428 g/mol. The van der Waals surface area contributed by atoms with Gasteiger partial charge in [0.1, 0.15) is 4.88 Å². The smallest absolute Gasteiger partial charge is 0.350 e. The summed E-state index contributed by atoms with van der Waals surface area (Å²) >= 11 is 2.39. The van der Waals surface area contributed by atoms with Crippen LogP contribution < -0.4 is 5.32 Å². The molecular formula is C19H17N5O3S2. The van der Waals surface area contributed by atoms with Crippen LogP contribution in [0.3, 0.4) is 0 Å². The zero-order valence-corrected chi connectivity index (χ0v) is 17.3. The lowest BCUT2D eigenvalue weighted by molar-refractivity contribution is -0.113. The van der Waals surface area contributed by atoms with Crippen molar-refractivity contribution in [2.24, 2.45) is 0 Å². The van der Waals surface area contributed by atoms with Crippen LogP contribution in [-0.4, -0.2) is 43.8 Å². The third-order valence-electron chi connectivity index (χ3n) is 4.08. The van der Waals surface area contributed by atoms with Crippen LogP contribution in [-0.2, 0) is 9.53 Å². The number of nitrogens with one attached hydrogen (secondary N) is 1. The molecule has 1 amide bonds. The summed E-state index contributed by atoms with van der Waals surface area (Å²) < 4.78 is 6.93. The molecule has 0 saturated heterocycles. The number of aromatic nitrogens is 4. The third kappa shape index (κ3) is 3.94. The molecule has 29 heavy (non-hydrogen) atoms. The molecule has 0 aliphatic rings. The standard InChI is InChI=1S/C19H17N5O3S2/c1-3-27-17(26)16-11(2)20-18(29-16)21-15(25)10-28-19-23-22-14-9-8-12-6-4-5-7-13(12)24(14)19/h4-9H,3,10H2,1-2H3,(H,20,21,25). The van der Waals surface area contributed by atoms with E-state index in [1.165, 1.54) is 11.8 Å². The molecular weight excluding hydrogens is 410 g/mol. The van der Waals surface area contributed by atoms with Gasteiger partial charge in [-0.15, -0.1) is 10.2 Å². The average Bonchev–Trinajstić information content (AvgIpc) is 3.30. The number of aryl methyl sites for hydroxylation is 1. The Morgan fingerprint density at radius 3 is 2.86 bits per heavy atom. The van der Waals surface area contributed by atoms with Crippen molar-refractivity contribution < 1.29 is 14.3 Å². The Balaban J connectivity index is 1.47. The number of anilines is 1. The Morgan fingerprint density at radius 2 is 2.03 bits per heavy atom. The van der Waals surface area contributed by atoms with E-state index in [1.807, 2.05) is 40.8 Å². The number of amides is 1. The number of rotatable bonds is 6. The van der Waals surface area contributed by atoms with Crippen LogP contribution in [0.2, 0.25) is 0 Å². The SMILES string of the molecule is CCOC(=O)c1sc(NC(=O)CSc2nnc3ccc4ccccc4n23)nc1C. The quantitative estimate of drug-likeness (QED) is 0.371. The first-order valence-electron chi connectivity index (χ1n) is 8.87. The molecule has 0 unspecified atom stereocenters. The molecule has 148 valence electrons. The van der Waals surface area contributed by atoms with Crippen LogP contribution in [0, 0.1) is 6.92 Å². The van der Waals surface area contributed by atoms with Crippen molar-refractivity contribution in [1.29, 1.82) is 0 Å². The van der Waals surface area contributed by atoms with Crippen molar-refractivity contribution in [2.45, 2.75) is 19.0 Å². The molecule has 10 heteroatoms. The lowest BCUT2D eigenvalue weighted by atomic mass is 10.2. The number of carbonyl (C=O) groups is 2. The summed E-state index contributed by atoms with van der Waals surface area (Å²) in [6, 6.07) is 11.8. The highest BCUT2D eigenvalue weighted by Gasteiger charge is 2.18. The zero-order valence-electron chi connectivity index (χ0n) is 15.7. The summed E-state index contributed by atoms with van der Waals surface area (Å²) in [7, 11) is 0. The zero-order chi connectivity index (χ0) is 20.4. The molecule has 0 bridgehead atoms. The summed E-state index contributed by atoms with van der Waals surface area (Å²) in [5, 5.41) is 13.2. The number of pyridine rings is 1. The number of thioether (sulfide) groups is 1. The molecule has 0 spiro atoms. The van der Waals surface area contributed by atoms with Crippen molar-refractivity contribution in [2.75, 3.05) is 17.7 Å². The van der Waals surface area contributed by atoms with Gasteiger partial charge in [-0.05, 0) is 37.4 Å². The third-order valence-corrected chi connectivity index (χ3v) is 6.07. The minimum atomic E-state index is -0.431. The topological polar surface area (TPSA) is 98.5 Å². The lowest BCUT2D eigenvalue weighted by Crippen LogP contribution is -2.14. The molecule has 4 aromatic rings. The van der Waals surface area contributed by atoms with Gasteiger partial charge in [0, 0.05) is 0 Å². The van der Waals surface area contributed by atoms with Crippen LogP contribution >= 0.6 is 23.1 Å². The Hall–Kier alpha value is -2.98. The number of hydrogen-bond donors (Lipinski definition) is 1. The summed E-state index contributed by atoms with van der Waals surface area (Å²) in [5.74, 6) is -0.535. The maximum absolute atomic E-state index is 12.4. The fourth-order valence-corrected chi connectivity index (χ4v) is 4.46. The van der Waals surface area contributed by atoms with Gasteiger partial charge in [-0.3, -0.25) is 9.20 Å². The molecule has 3 heterocycles. The number of thiazole rings is 1. The summed E-state index contributed by atoms with van der Waals surface area (Å²) in [6.45, 7) is 3.74. The number of carbonyl (C=O) groups excluding carboxylic acids is 2. The summed E-state index contributed by atoms with van der Waals surface area (Å²) in [6.07, 6.45) is 0. The second-order valence-electron chi connectivity index (χ2n) is 6.06. The van der Waals surface area contributed by atoms with Gasteiger partial charge >= 0.3 is 5.97 Å². The van der Waals surface area contributed by atoms with Gasteiger partial charge in [0.05, 0.1) is 23.6 Å². The van der Waals surface area contributed by atoms with Gasteiger partial charge in [-0.25, -0.2) is 9.78 Å². The molecule has 8 nitrogen and oxygen atoms in total. The van der Waals surface area contributed by atoms with E-state index in [-0.39, 0.29) is 18.3 Å². The number of para-hydroxylation sites is 1. The van der Waals surface area contributed by atoms with E-state index in [0.29, 0.717) is 20.9 Å². The largest absolute Gasteiger partial charge is 0.462 e. The van der Waals surface area contributed by atoms with Crippen LogP contribution in [0.25, 0.3) is 16.6 Å². The first-order valence-corrected chi connectivity index (χ1v) is 10.7. The van der Waals surface area contributed by atoms with Gasteiger partial charge in [-0.2, -0.15) is 0 Å². The van der Waals surface area contributed by atoms with Gasteiger partial charge in [0.15, 0.2) is 15.9 Å². The summed E-state index contributed by atoms with van der Waals surface area (Å²) in [5.41, 5.74) is 2.24. The number of esters is 1. The van der Waals surface area contributed by atoms with Gasteiger partial charge in [-0.1, -0.05) is 41.3 Å². The Kier molecular flexibility index (Phi) is 5.45. The maximum Gasteiger partial charge on any atom is 0.350 e. The molecule has 0 fully saturated rings. The predicted octanol–water partition coefficient (Wildman–Crippen LogP) is 3.55. The first kappa shape index (κ1) is 19.3. The van der Waals surface area contributed by atoms with E-state index in [0.717, 1.165) is 27.9 Å². The number of ether oxygens (including phenoxy) is 1. The van der Waals surface area contributed by atoms with Gasteiger partial charge in [0.25, 0.3) is 0 Å². The molecule has 0 aliphatic heterocycles. The van der Waals surface area contributed by atoms with Crippen LogP contribution in [0.4, 0.5) is 5.13 Å². The van der Waals surface area contributed by atoms with E-state index in [2.05, 4.69) is 20.5 Å². The summed E-state index contributed by atoms with van der Waals surface area (Å²) in [4.78, 5) is 28.9. The van der Waals surface area contributed by atoms with Crippen LogP contribution in [0.1, 0.15) is 22.3 Å². The Labute approximate surface area is 174 Å². The second kappa shape index (κ2) is 8.18. The molecule has 0 radical (unpaired) electrons. The molecule has 4 rings (SSSR count). The molecule has 0 atom stereocenters. The monoisotopic (exact) mass is 427 g/mol. The molecule has 1 aromatic carbocycles. The van der Waals surface area contributed by atoms with E-state index in [9.17, 15) is 9.59 Å². The van der Waals surface area contributed by atoms with Crippen molar-refractivity contribution in [3.05, 3.63) is 47.0 Å².